The molecule has 0 heterocycles. The molecule has 0 bridgehead atoms. The topological polar surface area (TPSA) is 78.9 Å². The van der Waals surface area contributed by atoms with Crippen LogP contribution in [0.15, 0.2) is 60.8 Å². The Morgan fingerprint density at radius 2 is 0.457 bits per heavy atom. The Balaban J connectivity index is 4.28. The molecular weight excluding hydrogens is 997 g/mol. The molecule has 0 aliphatic rings. The standard InChI is InChI=1S/C75H136O6/c1-4-7-10-13-16-19-22-25-28-30-32-34-36-38-40-41-43-45-47-50-53-56-59-62-65-68-74(77)80-71-72(70-79-73(76)67-64-61-58-55-52-49-27-24-21-18-15-12-9-6-3)81-75(78)69-66-63-60-57-54-51-48-46-44-42-39-37-35-33-31-29-26-23-20-17-14-11-8-5-2/h15,18,22,24-25,27,30,32,36,38,72H,4-14,16-17,19-21,23,26,28-29,31,33-35,37,39-71H2,1-3H3/b18-15-,25-22-,27-24-,32-30-,38-36-. The molecule has 6 nitrogen and oxygen atoms in total. The Morgan fingerprint density at radius 3 is 0.728 bits per heavy atom. The SMILES string of the molecule is CCCC/C=C\C/C=C\CCCCCCCC(=O)OCC(COC(=O)CCCCCCCCCCCC/C=C\C/C=C\C/C=C\CCCCCCC)OC(=O)CCCCCCCCCCCCCCCCCCCCCCCCCC. The van der Waals surface area contributed by atoms with E-state index in [2.05, 4.69) is 81.5 Å². The first-order valence-electron chi connectivity index (χ1n) is 35.8. The average molecular weight is 1130 g/mol. The van der Waals surface area contributed by atoms with Gasteiger partial charge in [0.15, 0.2) is 6.10 Å². The quantitative estimate of drug-likeness (QED) is 0.0261. The van der Waals surface area contributed by atoms with Crippen LogP contribution in [0.4, 0.5) is 0 Å². The van der Waals surface area contributed by atoms with Crippen molar-refractivity contribution < 1.29 is 28.6 Å². The second kappa shape index (κ2) is 69.6. The van der Waals surface area contributed by atoms with Crippen LogP contribution >= 0.6 is 0 Å². The van der Waals surface area contributed by atoms with E-state index in [9.17, 15) is 14.4 Å². The summed E-state index contributed by atoms with van der Waals surface area (Å²) in [4.78, 5) is 38.4. The summed E-state index contributed by atoms with van der Waals surface area (Å²) in [5.74, 6) is -0.871. The zero-order valence-corrected chi connectivity index (χ0v) is 54.3. The molecule has 6 heteroatoms. The highest BCUT2D eigenvalue weighted by atomic mass is 16.6. The minimum Gasteiger partial charge on any atom is -0.462 e. The van der Waals surface area contributed by atoms with Crippen molar-refractivity contribution in [3.05, 3.63) is 60.8 Å². The highest BCUT2D eigenvalue weighted by Crippen LogP contribution is 2.18. The first-order chi connectivity index (χ1) is 40.0. The van der Waals surface area contributed by atoms with Crippen molar-refractivity contribution >= 4 is 17.9 Å². The molecule has 472 valence electrons. The molecule has 0 aromatic heterocycles. The van der Waals surface area contributed by atoms with Crippen LogP contribution in [0.3, 0.4) is 0 Å². The summed E-state index contributed by atoms with van der Waals surface area (Å²) in [7, 11) is 0. The molecular formula is C75H136O6. The fourth-order valence-electron chi connectivity index (χ4n) is 10.6. The molecule has 0 saturated carbocycles. The van der Waals surface area contributed by atoms with Gasteiger partial charge in [-0.05, 0) is 83.5 Å². The van der Waals surface area contributed by atoms with Gasteiger partial charge in [0.2, 0.25) is 0 Å². The lowest BCUT2D eigenvalue weighted by Crippen LogP contribution is -2.30. The minimum atomic E-state index is -0.782. The van der Waals surface area contributed by atoms with Crippen molar-refractivity contribution in [2.24, 2.45) is 0 Å². The Morgan fingerprint density at radius 1 is 0.247 bits per heavy atom. The van der Waals surface area contributed by atoms with Crippen molar-refractivity contribution in [2.75, 3.05) is 13.2 Å². The monoisotopic (exact) mass is 1130 g/mol. The Kier molecular flexibility index (Phi) is 67.1. The Labute approximate surface area is 504 Å². The molecule has 0 radical (unpaired) electrons. The molecule has 0 saturated heterocycles. The van der Waals surface area contributed by atoms with Gasteiger partial charge in [-0.15, -0.1) is 0 Å². The zero-order chi connectivity index (χ0) is 58.5. The number of hydrogen-bond acceptors (Lipinski definition) is 6. The third-order valence-electron chi connectivity index (χ3n) is 16.0. The summed E-state index contributed by atoms with van der Waals surface area (Å²) in [6, 6.07) is 0. The molecule has 0 rings (SSSR count). The van der Waals surface area contributed by atoms with Gasteiger partial charge in [-0.3, -0.25) is 14.4 Å². The number of hydrogen-bond donors (Lipinski definition) is 0. The second-order valence-corrected chi connectivity index (χ2v) is 24.1. The molecule has 0 aromatic carbocycles. The number of esters is 3. The van der Waals surface area contributed by atoms with Gasteiger partial charge in [0, 0.05) is 19.3 Å². The van der Waals surface area contributed by atoms with E-state index in [1.807, 2.05) is 0 Å². The molecule has 0 aliphatic heterocycles. The molecule has 1 unspecified atom stereocenters. The highest BCUT2D eigenvalue weighted by Gasteiger charge is 2.19. The maximum atomic E-state index is 13.0. The van der Waals surface area contributed by atoms with E-state index in [-0.39, 0.29) is 31.1 Å². The lowest BCUT2D eigenvalue weighted by Gasteiger charge is -2.18. The van der Waals surface area contributed by atoms with Crippen molar-refractivity contribution in [3.63, 3.8) is 0 Å². The van der Waals surface area contributed by atoms with Gasteiger partial charge in [0.25, 0.3) is 0 Å². The van der Waals surface area contributed by atoms with Crippen LogP contribution in [-0.2, 0) is 28.6 Å². The lowest BCUT2D eigenvalue weighted by atomic mass is 10.0. The summed E-state index contributed by atoms with van der Waals surface area (Å²) < 4.78 is 17.0. The molecule has 0 aliphatic carbocycles. The Hall–Kier alpha value is -2.89. The Bertz CT molecular complexity index is 1440. The van der Waals surface area contributed by atoms with Crippen LogP contribution in [0.5, 0.6) is 0 Å². The second-order valence-electron chi connectivity index (χ2n) is 24.1. The first kappa shape index (κ1) is 78.1. The maximum Gasteiger partial charge on any atom is 0.306 e. The maximum absolute atomic E-state index is 13.0. The van der Waals surface area contributed by atoms with Crippen molar-refractivity contribution in [2.45, 2.75) is 386 Å². The summed E-state index contributed by atoms with van der Waals surface area (Å²) in [6.45, 7) is 6.64. The van der Waals surface area contributed by atoms with E-state index in [4.69, 9.17) is 14.2 Å². The first-order valence-corrected chi connectivity index (χ1v) is 35.8. The van der Waals surface area contributed by atoms with E-state index < -0.39 is 6.10 Å². The fraction of sp³-hybridized carbons (Fsp3) is 0.827. The van der Waals surface area contributed by atoms with Gasteiger partial charge in [0.1, 0.15) is 13.2 Å². The molecule has 81 heavy (non-hydrogen) atoms. The van der Waals surface area contributed by atoms with Crippen LogP contribution in [0.25, 0.3) is 0 Å². The van der Waals surface area contributed by atoms with Gasteiger partial charge < -0.3 is 14.2 Å². The van der Waals surface area contributed by atoms with Gasteiger partial charge in [-0.1, -0.05) is 338 Å². The van der Waals surface area contributed by atoms with Gasteiger partial charge in [0.05, 0.1) is 0 Å². The predicted molar refractivity (Wildman–Crippen MR) is 353 cm³/mol. The fourth-order valence-corrected chi connectivity index (χ4v) is 10.6. The summed E-state index contributed by atoms with van der Waals surface area (Å²) >= 11 is 0. The lowest BCUT2D eigenvalue weighted by molar-refractivity contribution is -0.167. The van der Waals surface area contributed by atoms with E-state index in [0.29, 0.717) is 19.3 Å². The van der Waals surface area contributed by atoms with E-state index in [1.54, 1.807) is 0 Å². The molecule has 0 N–H and O–H groups in total. The van der Waals surface area contributed by atoms with Crippen LogP contribution in [0, 0.1) is 0 Å². The number of ether oxygens (including phenoxy) is 3. The summed E-state index contributed by atoms with van der Waals surface area (Å²) in [5.41, 5.74) is 0. The molecule has 0 fully saturated rings. The predicted octanol–water partition coefficient (Wildman–Crippen LogP) is 24.7. The number of unbranched alkanes of at least 4 members (excludes halogenated alkanes) is 45. The van der Waals surface area contributed by atoms with Gasteiger partial charge in [-0.2, -0.15) is 0 Å². The van der Waals surface area contributed by atoms with E-state index in [1.165, 1.54) is 250 Å². The van der Waals surface area contributed by atoms with E-state index in [0.717, 1.165) is 89.9 Å². The molecule has 1 atom stereocenters. The normalized spacial score (nSPS) is 12.4. The molecule has 0 spiro atoms. The number of allylic oxidation sites excluding steroid dienone is 10. The highest BCUT2D eigenvalue weighted by molar-refractivity contribution is 5.71. The third-order valence-corrected chi connectivity index (χ3v) is 16.0. The number of carbonyl (C=O) groups excluding carboxylic acids is 3. The molecule has 0 amide bonds. The molecule has 0 aromatic rings. The van der Waals surface area contributed by atoms with Crippen LogP contribution in [0.2, 0.25) is 0 Å². The van der Waals surface area contributed by atoms with E-state index >= 15 is 0 Å². The summed E-state index contributed by atoms with van der Waals surface area (Å²) in [6.07, 6.45) is 89.6. The van der Waals surface area contributed by atoms with Crippen LogP contribution in [0.1, 0.15) is 380 Å². The van der Waals surface area contributed by atoms with Crippen LogP contribution < -0.4 is 0 Å². The van der Waals surface area contributed by atoms with Crippen molar-refractivity contribution in [1.82, 2.24) is 0 Å². The number of rotatable bonds is 66. The van der Waals surface area contributed by atoms with Gasteiger partial charge in [-0.25, -0.2) is 0 Å². The third kappa shape index (κ3) is 67.8. The average Bonchev–Trinajstić information content (AvgIpc) is 3.47. The van der Waals surface area contributed by atoms with Crippen LogP contribution in [-0.4, -0.2) is 37.2 Å². The smallest absolute Gasteiger partial charge is 0.306 e. The minimum absolute atomic E-state index is 0.0774. The van der Waals surface area contributed by atoms with Gasteiger partial charge >= 0.3 is 17.9 Å². The van der Waals surface area contributed by atoms with Crippen molar-refractivity contribution in [3.8, 4) is 0 Å². The van der Waals surface area contributed by atoms with Crippen molar-refractivity contribution in [1.29, 1.82) is 0 Å². The largest absolute Gasteiger partial charge is 0.462 e. The number of carbonyl (C=O) groups is 3. The summed E-state index contributed by atoms with van der Waals surface area (Å²) in [5, 5.41) is 0. The zero-order valence-electron chi connectivity index (χ0n) is 54.3.